The van der Waals surface area contributed by atoms with Crippen molar-refractivity contribution in [3.8, 4) is 0 Å². The molecule has 2 aromatic rings. The molecule has 0 amide bonds. The fourth-order valence-electron chi connectivity index (χ4n) is 1.34. The first-order valence-electron chi connectivity index (χ1n) is 4.57. The highest BCUT2D eigenvalue weighted by atomic mass is 79.9. The molecule has 0 aliphatic rings. The van der Waals surface area contributed by atoms with Crippen molar-refractivity contribution in [3.63, 3.8) is 0 Å². The summed E-state index contributed by atoms with van der Waals surface area (Å²) in [5.41, 5.74) is 0.534. The number of aliphatic hydroxyl groups is 1. The molecule has 0 aliphatic carbocycles. The average molecular weight is 445 g/mol. The smallest absolute Gasteiger partial charge is 0.137 e. The highest BCUT2D eigenvalue weighted by Crippen LogP contribution is 2.37. The Bertz CT molecular complexity index is 536. The summed E-state index contributed by atoms with van der Waals surface area (Å²) in [6.45, 7) is 0. The number of benzene rings is 1. The van der Waals surface area contributed by atoms with Gasteiger partial charge in [-0.15, -0.1) is 11.3 Å². The number of rotatable bonds is 2. The quantitative estimate of drug-likeness (QED) is 0.670. The Hall–Kier alpha value is 0.250. The number of aliphatic hydroxyl groups excluding tert-OH is 1. The molecule has 1 unspecified atom stereocenters. The van der Waals surface area contributed by atoms with Gasteiger partial charge < -0.3 is 5.11 Å². The molecule has 1 aromatic carbocycles. The third-order valence-electron chi connectivity index (χ3n) is 2.19. The van der Waals surface area contributed by atoms with Gasteiger partial charge in [-0.25, -0.2) is 4.39 Å². The van der Waals surface area contributed by atoms with Gasteiger partial charge in [0.05, 0.1) is 8.26 Å². The monoisotopic (exact) mass is 442 g/mol. The summed E-state index contributed by atoms with van der Waals surface area (Å²) in [5, 5.41) is 10.1. The highest BCUT2D eigenvalue weighted by molar-refractivity contribution is 9.13. The van der Waals surface area contributed by atoms with Gasteiger partial charge in [-0.2, -0.15) is 0 Å². The van der Waals surface area contributed by atoms with Gasteiger partial charge in [0, 0.05) is 9.35 Å². The van der Waals surface area contributed by atoms with E-state index in [4.69, 9.17) is 0 Å². The van der Waals surface area contributed by atoms with Gasteiger partial charge in [0.1, 0.15) is 11.9 Å². The largest absolute Gasteiger partial charge is 0.383 e. The summed E-state index contributed by atoms with van der Waals surface area (Å²) in [6, 6.07) is 6.43. The minimum absolute atomic E-state index is 0.378. The molecule has 0 saturated heterocycles. The Labute approximate surface area is 127 Å². The Morgan fingerprint density at radius 2 is 1.82 bits per heavy atom. The Kier molecular flexibility index (Phi) is 4.41. The Morgan fingerprint density at radius 1 is 1.12 bits per heavy atom. The van der Waals surface area contributed by atoms with Crippen molar-refractivity contribution in [2.24, 2.45) is 0 Å². The van der Waals surface area contributed by atoms with Crippen LogP contribution in [-0.2, 0) is 0 Å². The van der Waals surface area contributed by atoms with E-state index in [2.05, 4.69) is 47.8 Å². The van der Waals surface area contributed by atoms with E-state index in [-0.39, 0.29) is 5.82 Å². The van der Waals surface area contributed by atoms with Crippen LogP contribution in [0, 0.1) is 5.82 Å². The summed E-state index contributed by atoms with van der Waals surface area (Å²) < 4.78 is 15.5. The van der Waals surface area contributed by atoms with E-state index in [1.54, 1.807) is 12.1 Å². The van der Waals surface area contributed by atoms with Crippen LogP contribution in [0.2, 0.25) is 0 Å². The minimum Gasteiger partial charge on any atom is -0.383 e. The van der Waals surface area contributed by atoms with Crippen LogP contribution >= 0.6 is 59.1 Å². The number of hydrogen-bond acceptors (Lipinski definition) is 2. The van der Waals surface area contributed by atoms with Gasteiger partial charge in [-0.3, -0.25) is 0 Å². The zero-order valence-corrected chi connectivity index (χ0v) is 13.8. The maximum absolute atomic E-state index is 13.4. The van der Waals surface area contributed by atoms with Crippen LogP contribution in [0.5, 0.6) is 0 Å². The third-order valence-corrected chi connectivity index (χ3v) is 6.14. The summed E-state index contributed by atoms with van der Waals surface area (Å²) in [6.07, 6.45) is -0.815. The van der Waals surface area contributed by atoms with Gasteiger partial charge in [0.15, 0.2) is 0 Å². The Morgan fingerprint density at radius 3 is 2.35 bits per heavy atom. The van der Waals surface area contributed by atoms with Crippen LogP contribution in [0.4, 0.5) is 4.39 Å². The first kappa shape index (κ1) is 13.7. The van der Waals surface area contributed by atoms with E-state index in [0.717, 1.165) is 13.1 Å². The molecular formula is C11H6Br3FOS. The standard InChI is InChI=1S/C11H6Br3FOS/c12-6-2-1-5(3-8(6)15)10(16)9-4-7(13)11(14)17-9/h1-4,10,16H. The van der Waals surface area contributed by atoms with Crippen LogP contribution in [0.1, 0.15) is 16.5 Å². The normalized spacial score (nSPS) is 12.8. The molecule has 90 valence electrons. The summed E-state index contributed by atoms with van der Waals surface area (Å²) in [5.74, 6) is -0.378. The van der Waals surface area contributed by atoms with E-state index >= 15 is 0 Å². The van der Waals surface area contributed by atoms with Crippen LogP contribution in [0.3, 0.4) is 0 Å². The molecule has 0 saturated carbocycles. The van der Waals surface area contributed by atoms with Crippen molar-refractivity contribution in [3.05, 3.63) is 53.3 Å². The van der Waals surface area contributed by atoms with Crippen LogP contribution in [-0.4, -0.2) is 5.11 Å². The molecular weight excluding hydrogens is 439 g/mol. The van der Waals surface area contributed by atoms with Gasteiger partial charge in [-0.05, 0) is 71.6 Å². The second kappa shape index (κ2) is 5.48. The first-order valence-corrected chi connectivity index (χ1v) is 7.76. The number of thiophene rings is 1. The summed E-state index contributed by atoms with van der Waals surface area (Å²) in [7, 11) is 0. The van der Waals surface area contributed by atoms with Crippen LogP contribution < -0.4 is 0 Å². The first-order chi connectivity index (χ1) is 7.99. The zero-order chi connectivity index (χ0) is 12.6. The zero-order valence-electron chi connectivity index (χ0n) is 8.25. The van der Waals surface area contributed by atoms with Crippen molar-refractivity contribution in [2.75, 3.05) is 0 Å². The fourth-order valence-corrected chi connectivity index (χ4v) is 3.70. The van der Waals surface area contributed by atoms with Gasteiger partial charge >= 0.3 is 0 Å². The molecule has 1 atom stereocenters. The van der Waals surface area contributed by atoms with E-state index in [1.807, 2.05) is 6.07 Å². The summed E-state index contributed by atoms with van der Waals surface area (Å²) in [4.78, 5) is 0.755. The lowest BCUT2D eigenvalue weighted by molar-refractivity contribution is 0.223. The maximum atomic E-state index is 13.4. The number of halogens is 4. The lowest BCUT2D eigenvalue weighted by Crippen LogP contribution is -1.97. The van der Waals surface area contributed by atoms with Gasteiger partial charge in [0.2, 0.25) is 0 Å². The molecule has 1 heterocycles. The molecule has 0 radical (unpaired) electrons. The third kappa shape index (κ3) is 2.98. The predicted octanol–water partition coefficient (Wildman–Crippen LogP) is 5.26. The molecule has 0 bridgehead atoms. The highest BCUT2D eigenvalue weighted by Gasteiger charge is 2.16. The molecule has 1 nitrogen and oxygen atoms in total. The Balaban J connectivity index is 2.36. The average Bonchev–Trinajstić information content (AvgIpc) is 2.62. The molecule has 2 rings (SSSR count). The molecule has 1 N–H and O–H groups in total. The van der Waals surface area contributed by atoms with Crippen molar-refractivity contribution < 1.29 is 9.50 Å². The van der Waals surface area contributed by atoms with E-state index < -0.39 is 6.10 Å². The maximum Gasteiger partial charge on any atom is 0.137 e. The molecule has 0 fully saturated rings. The second-order valence-corrected chi connectivity index (χ2v) is 7.46. The molecule has 0 aliphatic heterocycles. The fraction of sp³-hybridized carbons (Fsp3) is 0.0909. The summed E-state index contributed by atoms with van der Waals surface area (Å²) >= 11 is 11.2. The SMILES string of the molecule is OC(c1ccc(Br)c(F)c1)c1cc(Br)c(Br)s1. The van der Waals surface area contributed by atoms with Crippen LogP contribution in [0.15, 0.2) is 37.0 Å². The molecule has 6 heteroatoms. The predicted molar refractivity (Wildman–Crippen MR) is 77.9 cm³/mol. The van der Waals surface area contributed by atoms with E-state index in [0.29, 0.717) is 10.0 Å². The lowest BCUT2D eigenvalue weighted by Gasteiger charge is -2.09. The minimum atomic E-state index is -0.815. The van der Waals surface area contributed by atoms with Gasteiger partial charge in [0.25, 0.3) is 0 Å². The van der Waals surface area contributed by atoms with Crippen LogP contribution in [0.25, 0.3) is 0 Å². The van der Waals surface area contributed by atoms with Crippen molar-refractivity contribution >= 4 is 59.1 Å². The molecule has 0 spiro atoms. The number of hydrogen-bond donors (Lipinski definition) is 1. The van der Waals surface area contributed by atoms with Gasteiger partial charge in [-0.1, -0.05) is 6.07 Å². The van der Waals surface area contributed by atoms with Crippen molar-refractivity contribution in [1.29, 1.82) is 0 Å². The second-order valence-electron chi connectivity index (χ2n) is 3.35. The van der Waals surface area contributed by atoms with Crippen molar-refractivity contribution in [1.82, 2.24) is 0 Å². The molecule has 17 heavy (non-hydrogen) atoms. The topological polar surface area (TPSA) is 20.2 Å². The lowest BCUT2D eigenvalue weighted by atomic mass is 10.1. The molecule has 1 aromatic heterocycles. The van der Waals surface area contributed by atoms with E-state index in [1.165, 1.54) is 17.4 Å². The van der Waals surface area contributed by atoms with E-state index in [9.17, 15) is 9.50 Å². The van der Waals surface area contributed by atoms with Crippen molar-refractivity contribution in [2.45, 2.75) is 6.10 Å².